The Kier molecular flexibility index (Phi) is 3.18. The van der Waals surface area contributed by atoms with Crippen molar-refractivity contribution in [1.29, 1.82) is 0 Å². The molecule has 0 atom stereocenters. The molecule has 5 heteroatoms. The quantitative estimate of drug-likeness (QED) is 0.368. The second-order valence-corrected chi connectivity index (χ2v) is 3.59. The highest BCUT2D eigenvalue weighted by Crippen LogP contribution is 2.32. The smallest absolute Gasteiger partial charge is 0.215 e. The van der Waals surface area contributed by atoms with E-state index >= 15 is 0 Å². The van der Waals surface area contributed by atoms with E-state index in [1.165, 1.54) is 0 Å². The summed E-state index contributed by atoms with van der Waals surface area (Å²) in [5.74, 6) is 0.701. The Balaban J connectivity index is 2.56. The molecule has 5 nitrogen and oxygen atoms in total. The fourth-order valence-electron chi connectivity index (χ4n) is 1.58. The van der Waals surface area contributed by atoms with Gasteiger partial charge >= 0.3 is 0 Å². The molecule has 0 aliphatic heterocycles. The molecule has 0 saturated carbocycles. The van der Waals surface area contributed by atoms with Crippen molar-refractivity contribution in [3.8, 4) is 5.75 Å². The zero-order valence-electron chi connectivity index (χ0n) is 9.51. The number of nitrogens with two attached hydrogens (primary N) is 1. The van der Waals surface area contributed by atoms with Gasteiger partial charge in [0.05, 0.1) is 12.0 Å². The van der Waals surface area contributed by atoms with E-state index < -0.39 is 0 Å². The van der Waals surface area contributed by atoms with E-state index in [0.29, 0.717) is 17.9 Å². The fraction of sp³-hybridized carbons (Fsp3) is 0.250. The van der Waals surface area contributed by atoms with E-state index in [1.807, 2.05) is 31.2 Å². The van der Waals surface area contributed by atoms with Gasteiger partial charge in [-0.15, -0.1) is 0 Å². The number of furan rings is 1. The number of para-hydroxylation sites is 1. The summed E-state index contributed by atoms with van der Waals surface area (Å²) in [4.78, 5) is 0. The number of hydrogen-bond donors (Lipinski definition) is 2. The highest BCUT2D eigenvalue weighted by atomic mass is 16.5. The average Bonchev–Trinajstić information content (AvgIpc) is 2.74. The summed E-state index contributed by atoms with van der Waals surface area (Å²) < 4.78 is 11.1. The largest absolute Gasteiger partial charge is 0.489 e. The van der Waals surface area contributed by atoms with E-state index in [-0.39, 0.29) is 11.6 Å². The molecule has 0 radical (unpaired) electrons. The molecule has 0 aliphatic rings. The Morgan fingerprint density at radius 3 is 2.94 bits per heavy atom. The topological polar surface area (TPSA) is 81.0 Å². The molecule has 1 aromatic heterocycles. The maximum Gasteiger partial charge on any atom is 0.215 e. The van der Waals surface area contributed by atoms with Crippen LogP contribution in [0, 0.1) is 0 Å². The lowest BCUT2D eigenvalue weighted by atomic mass is 10.2. The van der Waals surface area contributed by atoms with Crippen molar-refractivity contribution in [2.75, 3.05) is 6.61 Å². The monoisotopic (exact) mass is 234 g/mol. The molecule has 1 heterocycles. The van der Waals surface area contributed by atoms with Gasteiger partial charge in [-0.05, 0) is 18.6 Å². The van der Waals surface area contributed by atoms with Crippen LogP contribution in [-0.4, -0.2) is 17.6 Å². The molecule has 17 heavy (non-hydrogen) atoms. The molecule has 2 aromatic rings. The summed E-state index contributed by atoms with van der Waals surface area (Å²) >= 11 is 0. The second-order valence-electron chi connectivity index (χ2n) is 3.59. The fourth-order valence-corrected chi connectivity index (χ4v) is 1.58. The Bertz CT molecular complexity index is 546. The molecule has 0 unspecified atom stereocenters. The van der Waals surface area contributed by atoms with Gasteiger partial charge in [-0.2, -0.15) is 0 Å². The Morgan fingerprint density at radius 2 is 2.24 bits per heavy atom. The lowest BCUT2D eigenvalue weighted by Gasteiger charge is -2.03. The van der Waals surface area contributed by atoms with Gasteiger partial charge in [0.2, 0.25) is 11.6 Å². The van der Waals surface area contributed by atoms with Gasteiger partial charge in [0, 0.05) is 0 Å². The van der Waals surface area contributed by atoms with Gasteiger partial charge in [0.1, 0.15) is 5.58 Å². The van der Waals surface area contributed by atoms with Gasteiger partial charge in [0.25, 0.3) is 0 Å². The van der Waals surface area contributed by atoms with Gasteiger partial charge in [-0.3, -0.25) is 0 Å². The lowest BCUT2D eigenvalue weighted by molar-refractivity contribution is 0.308. The first-order valence-electron chi connectivity index (χ1n) is 5.40. The number of ether oxygens (including phenoxy) is 1. The molecular formula is C12H14N2O3. The molecule has 0 spiro atoms. The number of amidine groups is 1. The van der Waals surface area contributed by atoms with Crippen LogP contribution >= 0.6 is 0 Å². The third-order valence-corrected chi connectivity index (χ3v) is 2.34. The van der Waals surface area contributed by atoms with E-state index in [0.717, 1.165) is 11.8 Å². The zero-order chi connectivity index (χ0) is 12.3. The first-order chi connectivity index (χ1) is 8.27. The molecule has 0 saturated heterocycles. The van der Waals surface area contributed by atoms with Crippen LogP contribution in [0.5, 0.6) is 5.75 Å². The number of benzene rings is 1. The number of fused-ring (bicyclic) bond motifs is 1. The van der Waals surface area contributed by atoms with Gasteiger partial charge in [0.15, 0.2) is 5.75 Å². The van der Waals surface area contributed by atoms with Crippen molar-refractivity contribution in [3.63, 3.8) is 0 Å². The van der Waals surface area contributed by atoms with E-state index in [4.69, 9.17) is 20.1 Å². The highest BCUT2D eigenvalue weighted by Gasteiger charge is 2.18. The molecule has 0 aliphatic carbocycles. The third-order valence-electron chi connectivity index (χ3n) is 2.34. The van der Waals surface area contributed by atoms with Crippen molar-refractivity contribution in [2.45, 2.75) is 13.3 Å². The Hall–Kier alpha value is -2.17. The predicted molar refractivity (Wildman–Crippen MR) is 64.5 cm³/mol. The Morgan fingerprint density at radius 1 is 1.47 bits per heavy atom. The SMILES string of the molecule is CCCOc1c(/C(N)=N/O)oc2ccccc12. The zero-order valence-corrected chi connectivity index (χ0v) is 9.51. The molecule has 0 fully saturated rings. The first kappa shape index (κ1) is 11.3. The van der Waals surface area contributed by atoms with E-state index in [2.05, 4.69) is 5.16 Å². The molecule has 90 valence electrons. The predicted octanol–water partition coefficient (Wildman–Crippen LogP) is 2.32. The minimum absolute atomic E-state index is 0.0905. The molecule has 3 N–H and O–H groups in total. The van der Waals surface area contributed by atoms with Crippen LogP contribution in [0.15, 0.2) is 33.8 Å². The molecule has 0 amide bonds. The van der Waals surface area contributed by atoms with Crippen molar-refractivity contribution >= 4 is 16.8 Å². The molecule has 0 bridgehead atoms. The summed E-state index contributed by atoms with van der Waals surface area (Å²) in [5, 5.41) is 12.5. The number of hydrogen-bond acceptors (Lipinski definition) is 4. The van der Waals surface area contributed by atoms with Crippen LogP contribution in [-0.2, 0) is 0 Å². The maximum atomic E-state index is 8.71. The van der Waals surface area contributed by atoms with Crippen molar-refractivity contribution in [2.24, 2.45) is 10.9 Å². The third kappa shape index (κ3) is 2.04. The molecule has 2 rings (SSSR count). The van der Waals surface area contributed by atoms with Crippen LogP contribution in [0.1, 0.15) is 19.1 Å². The number of rotatable bonds is 4. The normalized spacial score (nSPS) is 11.9. The van der Waals surface area contributed by atoms with E-state index in [9.17, 15) is 0 Å². The van der Waals surface area contributed by atoms with Crippen LogP contribution in [0.3, 0.4) is 0 Å². The number of oxime groups is 1. The molecule has 1 aromatic carbocycles. The summed E-state index contributed by atoms with van der Waals surface area (Å²) in [5.41, 5.74) is 6.21. The minimum atomic E-state index is -0.0905. The lowest BCUT2D eigenvalue weighted by Crippen LogP contribution is -2.13. The van der Waals surface area contributed by atoms with Gasteiger partial charge in [-0.25, -0.2) is 0 Å². The summed E-state index contributed by atoms with van der Waals surface area (Å²) in [6, 6.07) is 7.42. The molecular weight excluding hydrogens is 220 g/mol. The van der Waals surface area contributed by atoms with Crippen molar-refractivity contribution in [3.05, 3.63) is 30.0 Å². The highest BCUT2D eigenvalue weighted by molar-refractivity contribution is 6.03. The van der Waals surface area contributed by atoms with Gasteiger partial charge in [-0.1, -0.05) is 24.2 Å². The first-order valence-corrected chi connectivity index (χ1v) is 5.40. The summed E-state index contributed by atoms with van der Waals surface area (Å²) in [6.45, 7) is 2.56. The van der Waals surface area contributed by atoms with Gasteiger partial charge < -0.3 is 20.1 Å². The minimum Gasteiger partial charge on any atom is -0.489 e. The van der Waals surface area contributed by atoms with Crippen LogP contribution < -0.4 is 10.5 Å². The van der Waals surface area contributed by atoms with Crippen molar-refractivity contribution in [1.82, 2.24) is 0 Å². The average molecular weight is 234 g/mol. The van der Waals surface area contributed by atoms with Crippen LogP contribution in [0.4, 0.5) is 0 Å². The standard InChI is InChI=1S/C12H14N2O3/c1-2-7-16-10-8-5-3-4-6-9(8)17-11(10)12(13)14-15/h3-6,15H,2,7H2,1H3,(H2,13,14). The maximum absolute atomic E-state index is 8.71. The summed E-state index contributed by atoms with van der Waals surface area (Å²) in [6.07, 6.45) is 0.870. The Labute approximate surface area is 98.5 Å². The van der Waals surface area contributed by atoms with Crippen molar-refractivity contribution < 1.29 is 14.4 Å². The number of nitrogens with zero attached hydrogens (tertiary/aromatic N) is 1. The summed E-state index contributed by atoms with van der Waals surface area (Å²) in [7, 11) is 0. The van der Waals surface area contributed by atoms with E-state index in [1.54, 1.807) is 0 Å². The van der Waals surface area contributed by atoms with Crippen LogP contribution in [0.2, 0.25) is 0 Å². The van der Waals surface area contributed by atoms with Crippen LogP contribution in [0.25, 0.3) is 11.0 Å². The second kappa shape index (κ2) is 4.78.